The topological polar surface area (TPSA) is 122 Å². The van der Waals surface area contributed by atoms with E-state index in [0.29, 0.717) is 53.6 Å². The molecule has 3 saturated heterocycles. The van der Waals surface area contributed by atoms with E-state index in [1.54, 1.807) is 42.3 Å². The Labute approximate surface area is 299 Å². The predicted molar refractivity (Wildman–Crippen MR) is 190 cm³/mol. The quantitative estimate of drug-likeness (QED) is 0.265. The molecule has 12 nitrogen and oxygen atoms in total. The Hall–Kier alpha value is -4.79. The zero-order valence-corrected chi connectivity index (χ0v) is 29.2. The second-order valence-corrected chi connectivity index (χ2v) is 14.0. The number of piperidine rings is 2. The lowest BCUT2D eigenvalue weighted by Gasteiger charge is -2.37. The van der Waals surface area contributed by atoms with Crippen LogP contribution in [0.1, 0.15) is 43.2 Å². The number of rotatable bonds is 10. The molecule has 0 spiro atoms. The number of hydrogen-bond acceptors (Lipinski definition) is 8. The maximum absolute atomic E-state index is 15.4. The number of nitrogens with one attached hydrogen (secondary N) is 1. The highest BCUT2D eigenvalue weighted by Gasteiger charge is 2.28. The zero-order chi connectivity index (χ0) is 36.4. The van der Waals surface area contributed by atoms with Crippen LogP contribution in [0, 0.1) is 11.6 Å². The number of pyridine rings is 3. The van der Waals surface area contributed by atoms with Gasteiger partial charge in [-0.05, 0) is 60.9 Å². The van der Waals surface area contributed by atoms with Gasteiger partial charge in [0.05, 0.1) is 24.1 Å². The molecule has 0 atom stereocenters. The van der Waals surface area contributed by atoms with Crippen LogP contribution in [-0.4, -0.2) is 92.2 Å². The van der Waals surface area contributed by atoms with E-state index in [0.717, 1.165) is 45.3 Å². The Bertz CT molecular complexity index is 2060. The molecule has 3 aliphatic heterocycles. The van der Waals surface area contributed by atoms with Crippen LogP contribution >= 0.6 is 0 Å². The molecule has 6 heterocycles. The average Bonchev–Trinajstić information content (AvgIpc) is 3.14. The minimum atomic E-state index is -0.612. The van der Waals surface area contributed by atoms with Crippen molar-refractivity contribution in [2.75, 3.05) is 39.3 Å². The summed E-state index contributed by atoms with van der Waals surface area (Å²) in [7, 11) is 1.61. The van der Waals surface area contributed by atoms with Gasteiger partial charge in [-0.3, -0.25) is 29.6 Å². The maximum Gasteiger partial charge on any atom is 0.324 e. The lowest BCUT2D eigenvalue weighted by atomic mass is 9.99. The van der Waals surface area contributed by atoms with Crippen molar-refractivity contribution in [1.82, 2.24) is 34.1 Å². The van der Waals surface area contributed by atoms with E-state index in [1.807, 2.05) is 6.07 Å². The molecule has 0 radical (unpaired) electrons. The van der Waals surface area contributed by atoms with Gasteiger partial charge in [0.1, 0.15) is 11.6 Å². The Morgan fingerprint density at radius 3 is 2.23 bits per heavy atom. The highest BCUT2D eigenvalue weighted by atomic mass is 19.1. The van der Waals surface area contributed by atoms with Crippen LogP contribution in [0.5, 0.6) is 0 Å². The fraction of sp³-hybridized carbons (Fsp3) is 0.447. The number of amides is 3. The summed E-state index contributed by atoms with van der Waals surface area (Å²) in [5, 5.41) is 3.28. The number of benzene rings is 1. The fourth-order valence-electron chi connectivity index (χ4n) is 7.51. The third-order valence-electron chi connectivity index (χ3n) is 10.5. The summed E-state index contributed by atoms with van der Waals surface area (Å²) in [4.78, 5) is 59.1. The molecule has 52 heavy (non-hydrogen) atoms. The molecule has 0 unspecified atom stereocenters. The molecule has 3 amide bonds. The Balaban J connectivity index is 0.865. The van der Waals surface area contributed by atoms with Crippen LogP contribution in [-0.2, 0) is 36.2 Å². The summed E-state index contributed by atoms with van der Waals surface area (Å²) >= 11 is 0. The van der Waals surface area contributed by atoms with E-state index >= 15 is 8.78 Å². The standard InChI is InChI=1S/C38H43F2N7O5/c1-43-23-31(29-4-10-41-21-30(29)37(43)50)26-19-33(39)32(34(40)20-26)24-45-14-7-28(8-15-45)52-27-5-12-44(13-6-27)17-18-46-11-2-3-25(36(46)49)22-47-16-9-35(48)42-38(47)51/h2-4,10-11,19-21,23,27-28H,5-9,12-18,22,24H2,1H3,(H,42,48,51). The Morgan fingerprint density at radius 1 is 0.846 bits per heavy atom. The molecule has 274 valence electrons. The Kier molecular flexibility index (Phi) is 10.6. The molecule has 3 aromatic heterocycles. The van der Waals surface area contributed by atoms with Crippen LogP contribution in [0.15, 0.2) is 64.7 Å². The monoisotopic (exact) mass is 715 g/mol. The van der Waals surface area contributed by atoms with Crippen molar-refractivity contribution >= 4 is 22.7 Å². The van der Waals surface area contributed by atoms with Crippen molar-refractivity contribution in [3.05, 3.63) is 98.6 Å². The van der Waals surface area contributed by atoms with Crippen molar-refractivity contribution in [3.63, 3.8) is 0 Å². The molecule has 3 fully saturated rings. The third-order valence-corrected chi connectivity index (χ3v) is 10.5. The SMILES string of the molecule is Cn1cc(-c2cc(F)c(CN3CCC(OC4CCN(CCn5cccc(CN6CCC(=O)NC6=O)c5=O)CC4)CC3)c(F)c2)c2ccncc2c1=O. The first kappa shape index (κ1) is 35.6. The van der Waals surface area contributed by atoms with Crippen LogP contribution in [0.25, 0.3) is 21.9 Å². The van der Waals surface area contributed by atoms with Crippen LogP contribution < -0.4 is 16.4 Å². The number of halogens is 2. The first-order valence-electron chi connectivity index (χ1n) is 17.9. The van der Waals surface area contributed by atoms with Crippen molar-refractivity contribution in [2.24, 2.45) is 7.05 Å². The van der Waals surface area contributed by atoms with E-state index in [2.05, 4.69) is 20.1 Å². The molecular weight excluding hydrogens is 672 g/mol. The number of carbonyl (C=O) groups is 2. The zero-order valence-electron chi connectivity index (χ0n) is 29.2. The number of hydrogen-bond donors (Lipinski definition) is 1. The Morgan fingerprint density at radius 2 is 1.54 bits per heavy atom. The van der Waals surface area contributed by atoms with Crippen molar-refractivity contribution in [3.8, 4) is 11.1 Å². The number of imide groups is 1. The highest BCUT2D eigenvalue weighted by Crippen LogP contribution is 2.30. The fourth-order valence-corrected chi connectivity index (χ4v) is 7.51. The minimum absolute atomic E-state index is 0.0346. The first-order chi connectivity index (χ1) is 25.1. The lowest BCUT2D eigenvalue weighted by molar-refractivity contribution is -0.121. The van der Waals surface area contributed by atoms with Crippen molar-refractivity contribution in [1.29, 1.82) is 0 Å². The van der Waals surface area contributed by atoms with E-state index in [1.165, 1.54) is 27.8 Å². The number of carbonyl (C=O) groups excluding carboxylic acids is 2. The predicted octanol–water partition coefficient (Wildman–Crippen LogP) is 3.63. The van der Waals surface area contributed by atoms with Crippen LogP contribution in [0.2, 0.25) is 0 Å². The summed E-state index contributed by atoms with van der Waals surface area (Å²) < 4.78 is 40.4. The van der Waals surface area contributed by atoms with E-state index in [9.17, 15) is 19.2 Å². The van der Waals surface area contributed by atoms with Gasteiger partial charge >= 0.3 is 6.03 Å². The van der Waals surface area contributed by atoms with Gasteiger partial charge in [-0.2, -0.15) is 0 Å². The number of aromatic nitrogens is 3. The summed E-state index contributed by atoms with van der Waals surface area (Å²) in [5.74, 6) is -1.53. The average molecular weight is 716 g/mol. The normalized spacial score (nSPS) is 18.3. The molecule has 0 aliphatic carbocycles. The van der Waals surface area contributed by atoms with E-state index < -0.39 is 17.7 Å². The summed E-state index contributed by atoms with van der Waals surface area (Å²) in [5.41, 5.74) is 1.13. The molecule has 0 bridgehead atoms. The molecule has 4 aromatic rings. The first-order valence-corrected chi connectivity index (χ1v) is 17.9. The van der Waals surface area contributed by atoms with Gasteiger partial charge in [0.25, 0.3) is 11.1 Å². The van der Waals surface area contributed by atoms with Gasteiger partial charge in [0, 0.05) is 107 Å². The second kappa shape index (κ2) is 15.4. The number of nitrogens with zero attached hydrogens (tertiary/aromatic N) is 6. The highest BCUT2D eigenvalue weighted by molar-refractivity contribution is 5.96. The molecule has 1 aromatic carbocycles. The number of urea groups is 1. The summed E-state index contributed by atoms with van der Waals surface area (Å²) in [6.07, 6.45) is 10.2. The number of aryl methyl sites for hydroxylation is 1. The van der Waals surface area contributed by atoms with Crippen molar-refractivity contribution in [2.45, 2.75) is 63.9 Å². The molecule has 1 N–H and O–H groups in total. The van der Waals surface area contributed by atoms with Gasteiger partial charge in [0.2, 0.25) is 5.91 Å². The number of fused-ring (bicyclic) bond motifs is 1. The van der Waals surface area contributed by atoms with E-state index in [4.69, 9.17) is 4.74 Å². The molecule has 0 saturated carbocycles. The third kappa shape index (κ3) is 7.83. The van der Waals surface area contributed by atoms with Crippen molar-refractivity contribution < 1.29 is 23.1 Å². The van der Waals surface area contributed by atoms with Crippen LogP contribution in [0.3, 0.4) is 0 Å². The second-order valence-electron chi connectivity index (χ2n) is 14.0. The largest absolute Gasteiger partial charge is 0.375 e. The van der Waals surface area contributed by atoms with Crippen LogP contribution in [0.4, 0.5) is 13.6 Å². The van der Waals surface area contributed by atoms with E-state index in [-0.39, 0.29) is 54.3 Å². The number of likely N-dealkylation sites (tertiary alicyclic amines) is 2. The summed E-state index contributed by atoms with van der Waals surface area (Å²) in [6.45, 7) is 4.96. The lowest BCUT2D eigenvalue weighted by Crippen LogP contribution is -2.49. The van der Waals surface area contributed by atoms with Gasteiger partial charge in [-0.15, -0.1) is 0 Å². The minimum Gasteiger partial charge on any atom is -0.375 e. The molecule has 14 heteroatoms. The molecule has 3 aliphatic rings. The van der Waals surface area contributed by atoms with Gasteiger partial charge in [0.15, 0.2) is 0 Å². The van der Waals surface area contributed by atoms with Gasteiger partial charge in [-0.1, -0.05) is 6.07 Å². The smallest absolute Gasteiger partial charge is 0.324 e. The number of ether oxygens (including phenoxy) is 1. The van der Waals surface area contributed by atoms with Gasteiger partial charge < -0.3 is 23.7 Å². The molecule has 7 rings (SSSR count). The van der Waals surface area contributed by atoms with Gasteiger partial charge in [-0.25, -0.2) is 13.6 Å². The maximum atomic E-state index is 15.4. The summed E-state index contributed by atoms with van der Waals surface area (Å²) in [6, 6.07) is 7.44. The molecular formula is C38H43F2N7O5.